The molecule has 0 radical (unpaired) electrons. The fourth-order valence-corrected chi connectivity index (χ4v) is 3.50. The molecule has 28 heavy (non-hydrogen) atoms. The zero-order valence-electron chi connectivity index (χ0n) is 16.6. The molecule has 152 valence electrons. The number of benzene rings is 1. The molecular weight excluding hydrogens is 360 g/mol. The highest BCUT2D eigenvalue weighted by molar-refractivity contribution is 5.92. The zero-order valence-corrected chi connectivity index (χ0v) is 16.6. The molecule has 3 rings (SSSR count). The molecule has 0 saturated heterocycles. The predicted octanol–water partition coefficient (Wildman–Crippen LogP) is 4.17. The van der Waals surface area contributed by atoms with Gasteiger partial charge in [0.2, 0.25) is 6.79 Å². The number of hydrogen-bond donors (Lipinski definition) is 0. The molecule has 0 spiro atoms. The summed E-state index contributed by atoms with van der Waals surface area (Å²) >= 11 is 0. The maximum Gasteiger partial charge on any atom is 0.511 e. The second-order valence-electron chi connectivity index (χ2n) is 7.40. The van der Waals surface area contributed by atoms with Crippen molar-refractivity contribution in [3.8, 4) is 0 Å². The van der Waals surface area contributed by atoms with Crippen molar-refractivity contribution in [3.05, 3.63) is 36.0 Å². The molecule has 0 aliphatic heterocycles. The summed E-state index contributed by atoms with van der Waals surface area (Å²) in [6, 6.07) is 7.68. The minimum absolute atomic E-state index is 0.0930. The molecular formula is C21H28N2O5. The number of likely N-dealkylation sites (N-methyl/N-ethyl adjacent to an activating group) is 1. The van der Waals surface area contributed by atoms with Gasteiger partial charge in [-0.2, -0.15) is 0 Å². The third-order valence-corrected chi connectivity index (χ3v) is 4.99. The lowest BCUT2D eigenvalue weighted by Gasteiger charge is -2.21. The van der Waals surface area contributed by atoms with Gasteiger partial charge in [-0.15, -0.1) is 0 Å². The number of aromatic nitrogens is 1. The molecule has 0 atom stereocenters. The van der Waals surface area contributed by atoms with Gasteiger partial charge in [-0.1, -0.05) is 24.6 Å². The fourth-order valence-electron chi connectivity index (χ4n) is 3.50. The van der Waals surface area contributed by atoms with Crippen LogP contribution < -0.4 is 0 Å². The quantitative estimate of drug-likeness (QED) is 0.546. The molecule has 1 aliphatic rings. The second-order valence-corrected chi connectivity index (χ2v) is 7.40. The van der Waals surface area contributed by atoms with Gasteiger partial charge in [0.05, 0.1) is 5.52 Å². The van der Waals surface area contributed by atoms with Gasteiger partial charge < -0.3 is 19.1 Å². The largest absolute Gasteiger partial charge is 0.511 e. The number of carbonyl (C=O) groups excluding carboxylic acids is 2. The van der Waals surface area contributed by atoms with Crippen molar-refractivity contribution < 1.29 is 23.8 Å². The van der Waals surface area contributed by atoms with E-state index >= 15 is 0 Å². The first-order valence-corrected chi connectivity index (χ1v) is 9.79. The molecule has 0 amide bonds. The van der Waals surface area contributed by atoms with E-state index in [4.69, 9.17) is 14.2 Å². The number of fused-ring (bicyclic) bond motifs is 1. The molecule has 7 heteroatoms. The van der Waals surface area contributed by atoms with Crippen molar-refractivity contribution in [1.29, 1.82) is 0 Å². The first-order valence-electron chi connectivity index (χ1n) is 9.79. The molecule has 1 fully saturated rings. The average molecular weight is 388 g/mol. The van der Waals surface area contributed by atoms with Crippen molar-refractivity contribution in [2.24, 2.45) is 0 Å². The van der Waals surface area contributed by atoms with Gasteiger partial charge in [0.15, 0.2) is 0 Å². The van der Waals surface area contributed by atoms with Crippen LogP contribution in [-0.2, 0) is 20.6 Å². The lowest BCUT2D eigenvalue weighted by molar-refractivity contribution is -0.0350. The van der Waals surface area contributed by atoms with E-state index in [1.165, 1.54) is 11.0 Å². The molecule has 1 saturated carbocycles. The normalized spacial score (nSPS) is 15.0. The Hall–Kier alpha value is -2.54. The molecule has 1 aliphatic carbocycles. The third-order valence-electron chi connectivity index (χ3n) is 4.99. The minimum atomic E-state index is -0.788. The molecule has 7 nitrogen and oxygen atoms in total. The van der Waals surface area contributed by atoms with Gasteiger partial charge >= 0.3 is 12.2 Å². The molecule has 1 aromatic carbocycles. The van der Waals surface area contributed by atoms with Gasteiger partial charge in [-0.05, 0) is 57.8 Å². The van der Waals surface area contributed by atoms with E-state index in [2.05, 4.69) is 4.90 Å². The zero-order chi connectivity index (χ0) is 19.9. The van der Waals surface area contributed by atoms with Crippen molar-refractivity contribution in [2.45, 2.75) is 44.6 Å². The number of nitrogens with zero attached hydrogens (tertiary/aromatic N) is 2. The SMILES string of the molecule is CN(C)CCc1cn(C(=O)OCOC(=O)OC2CCCCC2)c2ccccc12. The van der Waals surface area contributed by atoms with Crippen LogP contribution in [-0.4, -0.2) is 55.3 Å². The Balaban J connectivity index is 1.56. The van der Waals surface area contributed by atoms with Crippen LogP contribution in [0, 0.1) is 0 Å². The highest BCUT2D eigenvalue weighted by Crippen LogP contribution is 2.23. The summed E-state index contributed by atoms with van der Waals surface area (Å²) in [5, 5.41) is 1.01. The smallest absolute Gasteiger partial charge is 0.431 e. The van der Waals surface area contributed by atoms with Gasteiger partial charge in [-0.3, -0.25) is 4.57 Å². The summed E-state index contributed by atoms with van der Waals surface area (Å²) in [7, 11) is 4.02. The van der Waals surface area contributed by atoms with Crippen LogP contribution >= 0.6 is 0 Å². The number of para-hydroxylation sites is 1. The topological polar surface area (TPSA) is 70.0 Å². The van der Waals surface area contributed by atoms with E-state index in [-0.39, 0.29) is 6.10 Å². The maximum absolute atomic E-state index is 12.5. The van der Waals surface area contributed by atoms with E-state index in [0.29, 0.717) is 0 Å². The third kappa shape index (κ3) is 5.25. The number of hydrogen-bond acceptors (Lipinski definition) is 6. The highest BCUT2D eigenvalue weighted by atomic mass is 16.8. The standard InChI is InChI=1S/C21H28N2O5/c1-22(2)13-12-16-14-23(19-11-7-6-10-18(16)19)20(24)26-15-27-21(25)28-17-8-4-3-5-9-17/h6-7,10-11,14,17H,3-5,8-9,12-13,15H2,1-2H3. The summed E-state index contributed by atoms with van der Waals surface area (Å²) in [6.45, 7) is 0.406. The minimum Gasteiger partial charge on any atom is -0.431 e. The number of carbonyl (C=O) groups is 2. The maximum atomic E-state index is 12.5. The lowest BCUT2D eigenvalue weighted by atomic mass is 9.98. The Labute approximate surface area is 165 Å². The summed E-state index contributed by atoms with van der Waals surface area (Å²) in [5.41, 5.74) is 1.84. The van der Waals surface area contributed by atoms with Crippen LogP contribution in [0.25, 0.3) is 10.9 Å². The van der Waals surface area contributed by atoms with E-state index in [1.54, 1.807) is 6.20 Å². The number of rotatable bonds is 6. The van der Waals surface area contributed by atoms with E-state index in [9.17, 15) is 9.59 Å². The number of ether oxygens (including phenoxy) is 3. The Kier molecular flexibility index (Phi) is 6.92. The highest BCUT2D eigenvalue weighted by Gasteiger charge is 2.19. The van der Waals surface area contributed by atoms with Crippen LogP contribution in [0.4, 0.5) is 9.59 Å². The van der Waals surface area contributed by atoms with E-state index < -0.39 is 19.0 Å². The van der Waals surface area contributed by atoms with Crippen molar-refractivity contribution >= 4 is 23.2 Å². The van der Waals surface area contributed by atoms with Crippen LogP contribution in [0.3, 0.4) is 0 Å². The molecule has 1 aromatic heterocycles. The van der Waals surface area contributed by atoms with Gasteiger partial charge in [-0.25, -0.2) is 9.59 Å². The van der Waals surface area contributed by atoms with E-state index in [0.717, 1.165) is 55.1 Å². The lowest BCUT2D eigenvalue weighted by Crippen LogP contribution is -2.23. The molecule has 1 heterocycles. The van der Waals surface area contributed by atoms with Gasteiger partial charge in [0.25, 0.3) is 0 Å². The van der Waals surface area contributed by atoms with Gasteiger partial charge in [0.1, 0.15) is 6.10 Å². The summed E-state index contributed by atoms with van der Waals surface area (Å²) < 4.78 is 16.7. The fraction of sp³-hybridized carbons (Fsp3) is 0.524. The monoisotopic (exact) mass is 388 g/mol. The summed E-state index contributed by atoms with van der Waals surface area (Å²) in [6.07, 6.45) is 6.15. The van der Waals surface area contributed by atoms with Crippen molar-refractivity contribution in [3.63, 3.8) is 0 Å². The Morgan fingerprint density at radius 3 is 2.61 bits per heavy atom. The first kappa shape index (κ1) is 20.2. The van der Waals surface area contributed by atoms with E-state index in [1.807, 2.05) is 38.4 Å². The Bertz CT molecular complexity index is 808. The average Bonchev–Trinajstić information content (AvgIpc) is 3.06. The van der Waals surface area contributed by atoms with Crippen LogP contribution in [0.2, 0.25) is 0 Å². The van der Waals surface area contributed by atoms with Gasteiger partial charge in [0, 0.05) is 18.1 Å². The molecule has 2 aromatic rings. The first-order chi connectivity index (χ1) is 13.5. The Morgan fingerprint density at radius 2 is 1.86 bits per heavy atom. The molecule has 0 unspecified atom stereocenters. The van der Waals surface area contributed by atoms with Crippen LogP contribution in [0.15, 0.2) is 30.5 Å². The van der Waals surface area contributed by atoms with Crippen LogP contribution in [0.1, 0.15) is 37.7 Å². The Morgan fingerprint density at radius 1 is 1.11 bits per heavy atom. The van der Waals surface area contributed by atoms with Crippen molar-refractivity contribution in [2.75, 3.05) is 27.4 Å². The van der Waals surface area contributed by atoms with Crippen molar-refractivity contribution in [1.82, 2.24) is 9.47 Å². The second kappa shape index (κ2) is 9.59. The summed E-state index contributed by atoms with van der Waals surface area (Å²) in [4.78, 5) is 26.3. The predicted molar refractivity (Wildman–Crippen MR) is 105 cm³/mol. The molecule has 0 bridgehead atoms. The molecule has 0 N–H and O–H groups in total. The van der Waals surface area contributed by atoms with Crippen LogP contribution in [0.5, 0.6) is 0 Å². The summed E-state index contributed by atoms with van der Waals surface area (Å²) in [5.74, 6) is 0.